The number of nitrogens with zero attached hydrogens (tertiary/aromatic N) is 2. The number of aldehydes is 2. The molecule has 0 radical (unpaired) electrons. The van der Waals surface area contributed by atoms with Crippen LogP contribution in [0.3, 0.4) is 0 Å². The van der Waals surface area contributed by atoms with Crippen molar-refractivity contribution in [3.63, 3.8) is 0 Å². The molecule has 0 saturated heterocycles. The van der Waals surface area contributed by atoms with E-state index in [4.69, 9.17) is 0 Å². The largest absolute Gasteiger partial charge is 0.507 e. The standard InChI is InChI=1S/C29H42N2O4/c1-28(2,3)24-12-20(26(34)22(14-24)18-32)16-30(7)10-9-11-31(8)17-21-13-25(29(4,5)6)15-23(19-33)27(21)35/h12-15,18-19,34-35H,9-11,16-17H2,1-8H3. The molecule has 0 saturated carbocycles. The van der Waals surface area contributed by atoms with Crippen molar-refractivity contribution in [1.82, 2.24) is 9.80 Å². The molecule has 0 heterocycles. The van der Waals surface area contributed by atoms with Gasteiger partial charge in [0.2, 0.25) is 0 Å². The lowest BCUT2D eigenvalue weighted by Crippen LogP contribution is -2.26. The van der Waals surface area contributed by atoms with Crippen LogP contribution in [0, 0.1) is 0 Å². The van der Waals surface area contributed by atoms with Crippen molar-refractivity contribution in [2.45, 2.75) is 71.9 Å². The summed E-state index contributed by atoms with van der Waals surface area (Å²) in [5.41, 5.74) is 3.95. The first-order chi connectivity index (χ1) is 16.2. The summed E-state index contributed by atoms with van der Waals surface area (Å²) in [6.07, 6.45) is 2.31. The van der Waals surface area contributed by atoms with E-state index in [1.54, 1.807) is 12.1 Å². The number of hydrogen-bond acceptors (Lipinski definition) is 6. The van der Waals surface area contributed by atoms with Gasteiger partial charge in [-0.2, -0.15) is 0 Å². The van der Waals surface area contributed by atoms with E-state index in [0.717, 1.165) is 41.8 Å². The molecular formula is C29H42N2O4. The summed E-state index contributed by atoms with van der Waals surface area (Å²) < 4.78 is 0. The topological polar surface area (TPSA) is 81.1 Å². The molecule has 0 fully saturated rings. The monoisotopic (exact) mass is 482 g/mol. The predicted molar refractivity (Wildman–Crippen MR) is 142 cm³/mol. The van der Waals surface area contributed by atoms with Gasteiger partial charge in [-0.05, 0) is 67.7 Å². The molecule has 0 amide bonds. The lowest BCUT2D eigenvalue weighted by molar-refractivity contribution is 0.111. The van der Waals surface area contributed by atoms with E-state index in [1.807, 2.05) is 26.2 Å². The van der Waals surface area contributed by atoms with Gasteiger partial charge in [0, 0.05) is 24.2 Å². The zero-order valence-electron chi connectivity index (χ0n) is 22.6. The number of phenols is 2. The number of carbonyl (C=O) groups is 2. The average molecular weight is 483 g/mol. The van der Waals surface area contributed by atoms with Gasteiger partial charge in [-0.15, -0.1) is 0 Å². The van der Waals surface area contributed by atoms with Crippen molar-refractivity contribution in [1.29, 1.82) is 0 Å². The third-order valence-electron chi connectivity index (χ3n) is 6.38. The third-order valence-corrected chi connectivity index (χ3v) is 6.38. The minimum absolute atomic E-state index is 0.0529. The molecular weight excluding hydrogens is 440 g/mol. The summed E-state index contributed by atoms with van der Waals surface area (Å²) in [6, 6.07) is 7.50. The van der Waals surface area contributed by atoms with Gasteiger partial charge in [-0.25, -0.2) is 0 Å². The van der Waals surface area contributed by atoms with E-state index < -0.39 is 0 Å². The van der Waals surface area contributed by atoms with Crippen molar-refractivity contribution < 1.29 is 19.8 Å². The highest BCUT2D eigenvalue weighted by atomic mass is 16.3. The molecule has 2 N–H and O–H groups in total. The van der Waals surface area contributed by atoms with Gasteiger partial charge in [0.05, 0.1) is 11.1 Å². The summed E-state index contributed by atoms with van der Waals surface area (Å²) in [7, 11) is 4.00. The van der Waals surface area contributed by atoms with Gasteiger partial charge in [0.1, 0.15) is 11.5 Å². The van der Waals surface area contributed by atoms with Crippen LogP contribution in [0.15, 0.2) is 24.3 Å². The summed E-state index contributed by atoms with van der Waals surface area (Å²) in [4.78, 5) is 27.2. The fourth-order valence-corrected chi connectivity index (χ4v) is 4.08. The van der Waals surface area contributed by atoms with E-state index in [-0.39, 0.29) is 22.3 Å². The zero-order valence-corrected chi connectivity index (χ0v) is 22.6. The molecule has 35 heavy (non-hydrogen) atoms. The quantitative estimate of drug-likeness (QED) is 0.449. The highest BCUT2D eigenvalue weighted by Crippen LogP contribution is 2.32. The Labute approximate surface area is 210 Å². The van der Waals surface area contributed by atoms with Crippen molar-refractivity contribution in [3.05, 3.63) is 57.6 Å². The SMILES string of the molecule is CN(CCCN(C)Cc1cc(C(C)(C)C)cc(C=O)c1O)Cc1cc(C(C)(C)C)cc(C=O)c1O. The average Bonchev–Trinajstić information content (AvgIpc) is 2.75. The smallest absolute Gasteiger partial charge is 0.153 e. The summed E-state index contributed by atoms with van der Waals surface area (Å²) in [5.74, 6) is 0.106. The van der Waals surface area contributed by atoms with Gasteiger partial charge < -0.3 is 20.0 Å². The Morgan fingerprint density at radius 1 is 0.686 bits per heavy atom. The molecule has 6 nitrogen and oxygen atoms in total. The number of carbonyl (C=O) groups excluding carboxylic acids is 2. The molecule has 0 aliphatic rings. The summed E-state index contributed by atoms with van der Waals surface area (Å²) >= 11 is 0. The highest BCUT2D eigenvalue weighted by Gasteiger charge is 2.20. The fraction of sp³-hybridized carbons (Fsp3) is 0.517. The van der Waals surface area contributed by atoms with Crippen molar-refractivity contribution in [2.75, 3.05) is 27.2 Å². The molecule has 0 aliphatic heterocycles. The number of benzene rings is 2. The second-order valence-corrected chi connectivity index (χ2v) is 11.7. The maximum absolute atomic E-state index is 11.5. The number of phenolic OH excluding ortho intramolecular Hbond substituents is 2. The van der Waals surface area contributed by atoms with Crippen LogP contribution in [0.25, 0.3) is 0 Å². The maximum Gasteiger partial charge on any atom is 0.153 e. The summed E-state index contributed by atoms with van der Waals surface area (Å²) in [5, 5.41) is 21.1. The first-order valence-electron chi connectivity index (χ1n) is 12.2. The van der Waals surface area contributed by atoms with Crippen LogP contribution >= 0.6 is 0 Å². The van der Waals surface area contributed by atoms with E-state index in [9.17, 15) is 19.8 Å². The fourth-order valence-electron chi connectivity index (χ4n) is 4.08. The van der Waals surface area contributed by atoms with Gasteiger partial charge in [-0.3, -0.25) is 9.59 Å². The minimum Gasteiger partial charge on any atom is -0.507 e. The molecule has 0 atom stereocenters. The summed E-state index contributed by atoms with van der Waals surface area (Å²) in [6.45, 7) is 15.2. The van der Waals surface area contributed by atoms with Crippen LogP contribution in [0.2, 0.25) is 0 Å². The van der Waals surface area contributed by atoms with Crippen LogP contribution in [0.4, 0.5) is 0 Å². The van der Waals surface area contributed by atoms with Crippen LogP contribution < -0.4 is 0 Å². The van der Waals surface area contributed by atoms with Crippen LogP contribution in [-0.4, -0.2) is 59.8 Å². The first-order valence-corrected chi connectivity index (χ1v) is 12.2. The third kappa shape index (κ3) is 7.64. The van der Waals surface area contributed by atoms with E-state index in [2.05, 4.69) is 51.3 Å². The molecule has 6 heteroatoms. The number of rotatable bonds is 10. The van der Waals surface area contributed by atoms with E-state index in [1.165, 1.54) is 0 Å². The molecule has 0 aliphatic carbocycles. The van der Waals surface area contributed by atoms with Gasteiger partial charge >= 0.3 is 0 Å². The Hall–Kier alpha value is -2.70. The molecule has 0 bridgehead atoms. The number of hydrogen-bond donors (Lipinski definition) is 2. The van der Waals surface area contributed by atoms with Crippen LogP contribution in [0.5, 0.6) is 11.5 Å². The second kappa shape index (κ2) is 11.4. The van der Waals surface area contributed by atoms with Crippen LogP contribution in [-0.2, 0) is 23.9 Å². The maximum atomic E-state index is 11.5. The Bertz CT molecular complexity index is 965. The van der Waals surface area contributed by atoms with Crippen molar-refractivity contribution >= 4 is 12.6 Å². The molecule has 0 spiro atoms. The Morgan fingerprint density at radius 2 is 1.03 bits per heavy atom. The Kier molecular flexibility index (Phi) is 9.26. The lowest BCUT2D eigenvalue weighted by Gasteiger charge is -2.25. The Morgan fingerprint density at radius 3 is 1.31 bits per heavy atom. The van der Waals surface area contributed by atoms with Gasteiger partial charge in [0.25, 0.3) is 0 Å². The first kappa shape index (κ1) is 28.5. The predicted octanol–water partition coefficient (Wildman–Crippen LogP) is 5.27. The zero-order chi connectivity index (χ0) is 26.6. The van der Waals surface area contributed by atoms with Gasteiger partial charge in [-0.1, -0.05) is 53.7 Å². The Balaban J connectivity index is 2.02. The molecule has 0 unspecified atom stereocenters. The molecule has 192 valence electrons. The van der Waals surface area contributed by atoms with E-state index in [0.29, 0.717) is 36.8 Å². The van der Waals surface area contributed by atoms with Crippen molar-refractivity contribution in [3.8, 4) is 11.5 Å². The molecule has 0 aromatic heterocycles. The normalized spacial score (nSPS) is 12.4. The lowest BCUT2D eigenvalue weighted by atomic mass is 9.84. The molecule has 2 aromatic rings. The van der Waals surface area contributed by atoms with Gasteiger partial charge in [0.15, 0.2) is 12.6 Å². The molecule has 2 rings (SSSR count). The highest BCUT2D eigenvalue weighted by molar-refractivity contribution is 5.81. The van der Waals surface area contributed by atoms with E-state index >= 15 is 0 Å². The van der Waals surface area contributed by atoms with Crippen molar-refractivity contribution in [2.24, 2.45) is 0 Å². The minimum atomic E-state index is -0.124. The number of aromatic hydroxyl groups is 2. The molecule has 2 aromatic carbocycles. The van der Waals surface area contributed by atoms with Crippen LogP contribution in [0.1, 0.15) is 90.9 Å². The second-order valence-electron chi connectivity index (χ2n) is 11.7.